The zero-order chi connectivity index (χ0) is 25.0. The summed E-state index contributed by atoms with van der Waals surface area (Å²) in [4.78, 5) is 27.5. The van der Waals surface area contributed by atoms with Crippen molar-refractivity contribution >= 4 is 34.4 Å². The van der Waals surface area contributed by atoms with Crippen LogP contribution in [0.3, 0.4) is 0 Å². The second kappa shape index (κ2) is 11.2. The summed E-state index contributed by atoms with van der Waals surface area (Å²) in [5.74, 6) is 0.122. The molecule has 1 aromatic carbocycles. The summed E-state index contributed by atoms with van der Waals surface area (Å²) in [5.41, 5.74) is 0.253. The van der Waals surface area contributed by atoms with Crippen LogP contribution in [0.15, 0.2) is 24.3 Å². The van der Waals surface area contributed by atoms with E-state index in [1.54, 1.807) is 37.8 Å². The Bertz CT molecular complexity index is 848. The highest BCUT2D eigenvalue weighted by molar-refractivity contribution is 7.86. The molecule has 0 aliphatic carbocycles. The maximum atomic E-state index is 13.6. The van der Waals surface area contributed by atoms with Crippen LogP contribution in [0.2, 0.25) is 5.02 Å². The third-order valence-corrected chi connectivity index (χ3v) is 7.60. The summed E-state index contributed by atoms with van der Waals surface area (Å²) in [6.07, 6.45) is -0.812. The normalized spacial score (nSPS) is 21.5. The summed E-state index contributed by atoms with van der Waals surface area (Å²) < 4.78 is 23.7. The molecule has 0 bridgehead atoms. The second-order valence-corrected chi connectivity index (χ2v) is 12.9. The Hall–Kier alpha value is -1.64. The summed E-state index contributed by atoms with van der Waals surface area (Å²) in [6.45, 7) is 13.4. The maximum Gasteiger partial charge on any atom is 0.407 e. The molecule has 9 heteroatoms. The van der Waals surface area contributed by atoms with Gasteiger partial charge in [-0.2, -0.15) is 0 Å². The van der Waals surface area contributed by atoms with Crippen molar-refractivity contribution in [2.45, 2.75) is 83.4 Å². The lowest BCUT2D eigenvalue weighted by Gasteiger charge is -2.44. The number of hydrogen-bond acceptors (Lipinski definition) is 5. The van der Waals surface area contributed by atoms with Crippen LogP contribution in [-0.2, 0) is 25.1 Å². The zero-order valence-electron chi connectivity index (χ0n) is 20.6. The maximum absolute atomic E-state index is 13.6. The fourth-order valence-electron chi connectivity index (χ4n) is 3.51. The van der Waals surface area contributed by atoms with Gasteiger partial charge in [-0.15, -0.1) is 0 Å². The molecule has 1 saturated heterocycles. The molecule has 2 amide bonds. The van der Waals surface area contributed by atoms with Crippen LogP contribution in [0.4, 0.5) is 4.79 Å². The van der Waals surface area contributed by atoms with E-state index in [1.807, 2.05) is 39.8 Å². The highest BCUT2D eigenvalue weighted by atomic mass is 35.5. The Morgan fingerprint density at radius 1 is 1.24 bits per heavy atom. The molecule has 0 saturated carbocycles. The van der Waals surface area contributed by atoms with E-state index in [0.717, 1.165) is 5.56 Å². The number of nitrogens with one attached hydrogen (secondary N) is 1. The third kappa shape index (κ3) is 7.97. The molecule has 1 aliphatic rings. The molecule has 4 unspecified atom stereocenters. The quantitative estimate of drug-likeness (QED) is 0.597. The fraction of sp³-hybridized carbons (Fsp3) is 0.667. The Kier molecular flexibility index (Phi) is 9.36. The third-order valence-electron chi connectivity index (χ3n) is 5.30. The molecule has 0 aromatic heterocycles. The van der Waals surface area contributed by atoms with Crippen molar-refractivity contribution in [3.63, 3.8) is 0 Å². The number of nitrogens with zero attached hydrogens (tertiary/aromatic N) is 1. The molecule has 0 spiro atoms. The van der Waals surface area contributed by atoms with E-state index in [-0.39, 0.29) is 31.1 Å². The summed E-state index contributed by atoms with van der Waals surface area (Å²) in [7, 11) is -1.14. The van der Waals surface area contributed by atoms with E-state index in [9.17, 15) is 13.8 Å². The SMILES string of the molecule is CCC(CS(=O)C(C)(C)C)N1C(=O)C(CNC(=O)OC(C)(C)C)OCC1c1ccc(Cl)cc1. The molecular formula is C24H37ClN2O5S. The Labute approximate surface area is 205 Å². The van der Waals surface area contributed by atoms with Gasteiger partial charge in [0.05, 0.1) is 19.2 Å². The molecule has 7 nitrogen and oxygen atoms in total. The predicted octanol–water partition coefficient (Wildman–Crippen LogP) is 4.46. The van der Waals surface area contributed by atoms with Crippen LogP contribution in [0.5, 0.6) is 0 Å². The number of amides is 2. The molecule has 1 N–H and O–H groups in total. The van der Waals surface area contributed by atoms with Crippen LogP contribution in [0, 0.1) is 0 Å². The number of hydrogen-bond donors (Lipinski definition) is 1. The lowest BCUT2D eigenvalue weighted by atomic mass is 10.00. The number of morpholine rings is 1. The minimum atomic E-state index is -1.14. The first kappa shape index (κ1) is 27.6. The zero-order valence-corrected chi connectivity index (χ0v) is 22.2. The first-order chi connectivity index (χ1) is 15.2. The number of alkyl carbamates (subject to hydrolysis) is 1. The topological polar surface area (TPSA) is 84.9 Å². The Balaban J connectivity index is 2.27. The van der Waals surface area contributed by atoms with Crippen molar-refractivity contribution in [3.8, 4) is 0 Å². The molecule has 1 aliphatic heterocycles. The van der Waals surface area contributed by atoms with E-state index in [4.69, 9.17) is 21.1 Å². The van der Waals surface area contributed by atoms with Crippen molar-refractivity contribution in [1.29, 1.82) is 0 Å². The number of carbonyl (C=O) groups is 2. The molecule has 4 atom stereocenters. The van der Waals surface area contributed by atoms with Gasteiger partial charge in [0.15, 0.2) is 6.10 Å². The van der Waals surface area contributed by atoms with Gasteiger partial charge in [-0.1, -0.05) is 30.7 Å². The summed E-state index contributed by atoms with van der Waals surface area (Å²) in [5, 5.41) is 3.24. The van der Waals surface area contributed by atoms with Crippen molar-refractivity contribution in [2.24, 2.45) is 0 Å². The standard InChI is InChI=1S/C24H37ClN2O5S/c1-8-18(15-33(30)24(5,6)7)27-19(16-9-11-17(25)12-10-16)14-31-20(21(27)28)13-26-22(29)32-23(2,3)4/h9-12,18-20H,8,13-15H2,1-7H3,(H,26,29). The Morgan fingerprint density at radius 3 is 2.36 bits per heavy atom. The molecule has 2 rings (SSSR count). The van der Waals surface area contributed by atoms with E-state index >= 15 is 0 Å². The molecular weight excluding hydrogens is 464 g/mol. The van der Waals surface area contributed by atoms with Gasteiger partial charge in [-0.05, 0) is 65.7 Å². The largest absolute Gasteiger partial charge is 0.444 e. The molecule has 1 heterocycles. The fourth-order valence-corrected chi connectivity index (χ4v) is 4.88. The highest BCUT2D eigenvalue weighted by Gasteiger charge is 2.41. The molecule has 1 fully saturated rings. The number of ether oxygens (including phenoxy) is 2. The van der Waals surface area contributed by atoms with E-state index < -0.39 is 33.3 Å². The van der Waals surface area contributed by atoms with Gasteiger partial charge in [0.2, 0.25) is 0 Å². The molecule has 1 aromatic rings. The minimum absolute atomic E-state index is 0.00359. The first-order valence-corrected chi connectivity index (χ1v) is 13.0. The molecule has 186 valence electrons. The van der Waals surface area contributed by atoms with Gasteiger partial charge in [0, 0.05) is 32.4 Å². The van der Waals surface area contributed by atoms with Gasteiger partial charge in [-0.3, -0.25) is 9.00 Å². The molecule has 0 radical (unpaired) electrons. The monoisotopic (exact) mass is 500 g/mol. The van der Waals surface area contributed by atoms with Crippen LogP contribution in [0.25, 0.3) is 0 Å². The molecule has 33 heavy (non-hydrogen) atoms. The van der Waals surface area contributed by atoms with E-state index in [2.05, 4.69) is 5.32 Å². The smallest absolute Gasteiger partial charge is 0.407 e. The van der Waals surface area contributed by atoms with Crippen molar-refractivity contribution in [2.75, 3.05) is 18.9 Å². The van der Waals surface area contributed by atoms with Gasteiger partial charge in [-0.25, -0.2) is 4.79 Å². The van der Waals surface area contributed by atoms with Gasteiger partial charge in [0.1, 0.15) is 5.60 Å². The van der Waals surface area contributed by atoms with E-state index in [1.165, 1.54) is 0 Å². The second-order valence-electron chi connectivity index (χ2n) is 10.2. The van der Waals surface area contributed by atoms with Gasteiger partial charge >= 0.3 is 6.09 Å². The average Bonchev–Trinajstić information content (AvgIpc) is 2.69. The van der Waals surface area contributed by atoms with Crippen LogP contribution in [-0.4, -0.2) is 62.5 Å². The predicted molar refractivity (Wildman–Crippen MR) is 132 cm³/mol. The number of rotatable bonds is 7. The van der Waals surface area contributed by atoms with Crippen LogP contribution >= 0.6 is 11.6 Å². The van der Waals surface area contributed by atoms with Crippen molar-refractivity contribution in [1.82, 2.24) is 10.2 Å². The lowest BCUT2D eigenvalue weighted by molar-refractivity contribution is -0.163. The lowest BCUT2D eigenvalue weighted by Crippen LogP contribution is -2.58. The van der Waals surface area contributed by atoms with Gasteiger partial charge in [0.25, 0.3) is 5.91 Å². The van der Waals surface area contributed by atoms with Crippen LogP contribution in [0.1, 0.15) is 66.5 Å². The number of halogens is 1. The van der Waals surface area contributed by atoms with Crippen LogP contribution < -0.4 is 5.32 Å². The van der Waals surface area contributed by atoms with E-state index in [0.29, 0.717) is 17.2 Å². The highest BCUT2D eigenvalue weighted by Crippen LogP contribution is 2.32. The van der Waals surface area contributed by atoms with Crippen molar-refractivity contribution < 1.29 is 23.3 Å². The number of benzene rings is 1. The first-order valence-electron chi connectivity index (χ1n) is 11.3. The number of carbonyl (C=O) groups excluding carboxylic acids is 2. The Morgan fingerprint density at radius 2 is 1.85 bits per heavy atom. The summed E-state index contributed by atoms with van der Waals surface area (Å²) >= 11 is 6.06. The average molecular weight is 501 g/mol. The summed E-state index contributed by atoms with van der Waals surface area (Å²) in [6, 6.07) is 6.74. The van der Waals surface area contributed by atoms with Gasteiger partial charge < -0.3 is 19.7 Å². The minimum Gasteiger partial charge on any atom is -0.444 e. The van der Waals surface area contributed by atoms with Crippen molar-refractivity contribution in [3.05, 3.63) is 34.9 Å².